The quantitative estimate of drug-likeness (QED) is 0.176. The van der Waals surface area contributed by atoms with Crippen LogP contribution in [0.15, 0.2) is 192 Å². The third-order valence-corrected chi connectivity index (χ3v) is 10.4. The van der Waals surface area contributed by atoms with Gasteiger partial charge in [0.05, 0.1) is 52.4 Å². The molecule has 0 amide bonds. The van der Waals surface area contributed by atoms with E-state index in [4.69, 9.17) is 24.9 Å². The lowest BCUT2D eigenvalue weighted by Crippen LogP contribution is -2.00. The minimum atomic E-state index is -0.524. The maximum atomic E-state index is 9.68. The first-order valence-electron chi connectivity index (χ1n) is 23.3. The fourth-order valence-corrected chi connectivity index (χ4v) is 8.01. The van der Waals surface area contributed by atoms with Gasteiger partial charge in [0.1, 0.15) is 11.2 Å². The van der Waals surface area contributed by atoms with Gasteiger partial charge in [-0.25, -0.2) is 15.0 Å². The summed E-state index contributed by atoms with van der Waals surface area (Å²) < 4.78 is 102. The number of rotatable bonds is 5. The molecule has 0 atom stereocenters. The molecule has 6 nitrogen and oxygen atoms in total. The molecule has 8 aromatic carbocycles. The van der Waals surface area contributed by atoms with Crippen LogP contribution in [0.3, 0.4) is 0 Å². The van der Waals surface area contributed by atoms with Crippen LogP contribution in [-0.4, -0.2) is 24.1 Å². The van der Waals surface area contributed by atoms with Gasteiger partial charge in [-0.05, 0) is 42.4 Å². The van der Waals surface area contributed by atoms with Crippen molar-refractivity contribution < 1.29 is 18.1 Å². The van der Waals surface area contributed by atoms with Crippen molar-refractivity contribution in [3.63, 3.8) is 0 Å². The van der Waals surface area contributed by atoms with Crippen LogP contribution in [0.1, 0.15) is 13.7 Å². The highest BCUT2D eigenvalue weighted by Crippen LogP contribution is 2.45. The molecule has 12 aromatic rings. The Labute approximate surface area is 340 Å². The van der Waals surface area contributed by atoms with E-state index in [0.717, 1.165) is 11.1 Å². The Morgan fingerprint density at radius 3 is 1.63 bits per heavy atom. The summed E-state index contributed by atoms with van der Waals surface area (Å²) in [5.41, 5.74) is 4.39. The third-order valence-electron chi connectivity index (χ3n) is 10.4. The van der Waals surface area contributed by atoms with Crippen molar-refractivity contribution in [1.29, 1.82) is 0 Å². The van der Waals surface area contributed by atoms with Crippen LogP contribution >= 0.6 is 0 Å². The van der Waals surface area contributed by atoms with E-state index in [-0.39, 0.29) is 61.7 Å². The van der Waals surface area contributed by atoms with Crippen molar-refractivity contribution >= 4 is 65.6 Å². The highest BCUT2D eigenvalue weighted by molar-refractivity contribution is 6.25. The van der Waals surface area contributed by atoms with Crippen LogP contribution in [-0.2, 0) is 0 Å². The van der Waals surface area contributed by atoms with Gasteiger partial charge in [-0.1, -0.05) is 145 Å². The SMILES string of the molecule is [2H]c1c([2H])c([2H])c2c(c1[2H])c1c([2H])c([2H])c3c4c([2H])c([2H])c([2H])c([2H])c4n(-c4cccc5oc6c(-c7nc(-c8ccccc8)nc(-c8ccccc8)n7)cccc6c45)c3c1n2-c1ccccc1. The van der Waals surface area contributed by atoms with Gasteiger partial charge in [-0.2, -0.15) is 0 Å². The number of hydrogen-bond acceptors (Lipinski definition) is 4. The van der Waals surface area contributed by atoms with Crippen LogP contribution < -0.4 is 0 Å². The number of nitrogens with zero attached hydrogens (tertiary/aromatic N) is 5. The number of para-hydroxylation sites is 4. The van der Waals surface area contributed by atoms with E-state index >= 15 is 0 Å². The molecule has 57 heavy (non-hydrogen) atoms. The van der Waals surface area contributed by atoms with E-state index in [1.54, 1.807) is 51.6 Å². The van der Waals surface area contributed by atoms with Crippen LogP contribution in [0, 0.1) is 0 Å². The lowest BCUT2D eigenvalue weighted by Gasteiger charge is -2.13. The van der Waals surface area contributed by atoms with Crippen LogP contribution in [0.25, 0.3) is 111 Å². The molecular weight excluding hydrogens is 699 g/mol. The summed E-state index contributed by atoms with van der Waals surface area (Å²) in [7, 11) is 0. The molecule has 0 aliphatic rings. The molecule has 0 radical (unpaired) electrons. The van der Waals surface area contributed by atoms with Crippen molar-refractivity contribution in [3.05, 3.63) is 188 Å². The molecule has 0 saturated heterocycles. The molecular formula is C51H31N5O. The Hall–Kier alpha value is -7.83. The lowest BCUT2D eigenvalue weighted by molar-refractivity contribution is 0.669. The molecule has 0 spiro atoms. The first-order chi connectivity index (χ1) is 32.5. The number of fused-ring (bicyclic) bond motifs is 10. The smallest absolute Gasteiger partial charge is 0.167 e. The highest BCUT2D eigenvalue weighted by atomic mass is 16.3. The summed E-state index contributed by atoms with van der Waals surface area (Å²) in [4.78, 5) is 14.8. The number of furan rings is 1. The summed E-state index contributed by atoms with van der Waals surface area (Å²) in [5, 5.41) is 1.31. The normalized spacial score (nSPS) is 14.3. The monoisotopic (exact) mass is 739 g/mol. The zero-order valence-electron chi connectivity index (χ0n) is 39.8. The zero-order valence-corrected chi connectivity index (χ0v) is 29.8. The average Bonchev–Trinajstić information content (AvgIpc) is 4.05. The Balaban J connectivity index is 1.27. The first-order valence-corrected chi connectivity index (χ1v) is 18.3. The van der Waals surface area contributed by atoms with Gasteiger partial charge in [0, 0.05) is 43.7 Å². The van der Waals surface area contributed by atoms with E-state index in [2.05, 4.69) is 0 Å². The van der Waals surface area contributed by atoms with E-state index in [9.17, 15) is 8.22 Å². The van der Waals surface area contributed by atoms with Crippen molar-refractivity contribution in [3.8, 4) is 45.5 Å². The number of hydrogen-bond donors (Lipinski definition) is 0. The molecule has 12 rings (SSSR count). The van der Waals surface area contributed by atoms with E-state index in [1.165, 1.54) is 0 Å². The molecule has 0 saturated carbocycles. The van der Waals surface area contributed by atoms with Gasteiger partial charge in [0.15, 0.2) is 17.5 Å². The molecule has 6 heteroatoms. The fraction of sp³-hybridized carbons (Fsp3) is 0. The van der Waals surface area contributed by atoms with Gasteiger partial charge in [-0.15, -0.1) is 0 Å². The minimum Gasteiger partial charge on any atom is -0.455 e. The van der Waals surface area contributed by atoms with Crippen molar-refractivity contribution in [2.24, 2.45) is 0 Å². The largest absolute Gasteiger partial charge is 0.455 e. The number of benzene rings is 8. The Bertz CT molecular complexity index is 4040. The zero-order chi connectivity index (χ0) is 46.2. The molecule has 0 N–H and O–H groups in total. The van der Waals surface area contributed by atoms with Gasteiger partial charge in [-0.3, -0.25) is 0 Å². The molecule has 0 unspecified atom stereocenters. The molecule has 0 fully saturated rings. The van der Waals surface area contributed by atoms with Crippen molar-refractivity contribution in [1.82, 2.24) is 24.1 Å². The summed E-state index contributed by atoms with van der Waals surface area (Å²) in [5.74, 6) is 1.26. The first kappa shape index (κ1) is 23.2. The number of aromatic nitrogens is 5. The fourth-order valence-electron chi connectivity index (χ4n) is 8.01. The standard InChI is InChI=1S/C51H31N5O/c1-4-16-32(17-5-1)49-52-50(33-18-6-2-7-19-33)54-51(53-49)40-25-14-24-39-45-43(28-15-29-44(45)57-48(39)40)56-42-27-13-11-23-36(42)38-31-30-37-35-22-10-12-26-41(35)55(46(37)47(38)56)34-20-8-3-9-21-34/h1-31H/i10D,11D,12D,13D,22D,23D,26D,27D,30D,31D. The summed E-state index contributed by atoms with van der Waals surface area (Å²) in [6.45, 7) is 0. The van der Waals surface area contributed by atoms with E-state index in [0.29, 0.717) is 56.3 Å². The van der Waals surface area contributed by atoms with Crippen LogP contribution in [0.2, 0.25) is 0 Å². The van der Waals surface area contributed by atoms with Gasteiger partial charge in [0.25, 0.3) is 0 Å². The maximum absolute atomic E-state index is 9.68. The highest BCUT2D eigenvalue weighted by Gasteiger charge is 2.24. The van der Waals surface area contributed by atoms with Gasteiger partial charge < -0.3 is 13.6 Å². The van der Waals surface area contributed by atoms with Crippen LogP contribution in [0.4, 0.5) is 0 Å². The van der Waals surface area contributed by atoms with E-state index in [1.807, 2.05) is 84.9 Å². The Morgan fingerprint density at radius 2 is 0.982 bits per heavy atom. The Morgan fingerprint density at radius 1 is 0.439 bits per heavy atom. The molecule has 4 heterocycles. The summed E-state index contributed by atoms with van der Waals surface area (Å²) >= 11 is 0. The molecule has 4 aromatic heterocycles. The lowest BCUT2D eigenvalue weighted by atomic mass is 10.1. The summed E-state index contributed by atoms with van der Waals surface area (Å²) in [6, 6.07) is 34.7. The second-order valence-corrected chi connectivity index (χ2v) is 13.6. The third kappa shape index (κ3) is 4.74. The molecule has 266 valence electrons. The van der Waals surface area contributed by atoms with Crippen molar-refractivity contribution in [2.75, 3.05) is 0 Å². The summed E-state index contributed by atoms with van der Waals surface area (Å²) in [6.07, 6.45) is 0. The molecule has 0 bridgehead atoms. The molecule has 0 aliphatic heterocycles. The average molecular weight is 740 g/mol. The predicted molar refractivity (Wildman–Crippen MR) is 232 cm³/mol. The minimum absolute atomic E-state index is 0.00313. The second-order valence-electron chi connectivity index (χ2n) is 13.6. The Kier molecular flexibility index (Phi) is 5.02. The van der Waals surface area contributed by atoms with Gasteiger partial charge in [0.2, 0.25) is 0 Å². The molecule has 0 aliphatic carbocycles. The van der Waals surface area contributed by atoms with Crippen molar-refractivity contribution in [2.45, 2.75) is 0 Å². The predicted octanol–water partition coefficient (Wildman–Crippen LogP) is 13.0. The second kappa shape index (κ2) is 12.3. The van der Waals surface area contributed by atoms with Crippen LogP contribution in [0.5, 0.6) is 0 Å². The maximum Gasteiger partial charge on any atom is 0.167 e. The van der Waals surface area contributed by atoms with E-state index < -0.39 is 42.3 Å². The van der Waals surface area contributed by atoms with Gasteiger partial charge >= 0.3 is 0 Å². The topological polar surface area (TPSA) is 61.7 Å².